The maximum atomic E-state index is 12.4. The molecule has 30 heavy (non-hydrogen) atoms. The number of carboxylic acid groups (broad SMARTS) is 1. The van der Waals surface area contributed by atoms with E-state index in [0.717, 1.165) is 5.56 Å². The zero-order valence-corrected chi connectivity index (χ0v) is 18.5. The minimum absolute atomic E-state index is 0.0412. The molecule has 0 atom stereocenters. The number of aliphatic carboxylic acids is 1. The summed E-state index contributed by atoms with van der Waals surface area (Å²) in [7, 11) is 0. The van der Waals surface area contributed by atoms with Crippen molar-refractivity contribution in [3.05, 3.63) is 62.7 Å². The highest BCUT2D eigenvalue weighted by atomic mass is 127. The first-order valence-electron chi connectivity index (χ1n) is 9.19. The molecule has 2 aromatic carbocycles. The van der Waals surface area contributed by atoms with E-state index < -0.39 is 18.5 Å². The van der Waals surface area contributed by atoms with Crippen LogP contribution >= 0.6 is 22.6 Å². The third-order valence-electron chi connectivity index (χ3n) is 3.89. The lowest BCUT2D eigenvalue weighted by atomic mass is 10.1. The number of amides is 1. The zero-order valence-electron chi connectivity index (χ0n) is 16.4. The number of nitriles is 1. The van der Waals surface area contributed by atoms with Crippen molar-refractivity contribution in [2.45, 2.75) is 13.3 Å². The fourth-order valence-electron chi connectivity index (χ4n) is 2.58. The van der Waals surface area contributed by atoms with Gasteiger partial charge >= 0.3 is 5.97 Å². The highest BCUT2D eigenvalue weighted by molar-refractivity contribution is 14.1. The number of halogens is 1. The number of nitrogens with zero attached hydrogens (tertiary/aromatic N) is 1. The van der Waals surface area contributed by atoms with Crippen molar-refractivity contribution in [3.8, 4) is 17.6 Å². The Bertz CT molecular complexity index is 967. The van der Waals surface area contributed by atoms with E-state index in [1.165, 1.54) is 6.08 Å². The van der Waals surface area contributed by atoms with Crippen LogP contribution in [0.1, 0.15) is 18.1 Å². The normalized spacial score (nSPS) is 10.8. The molecule has 0 unspecified atom stereocenters. The lowest BCUT2D eigenvalue weighted by Gasteiger charge is -2.13. The van der Waals surface area contributed by atoms with Gasteiger partial charge in [-0.15, -0.1) is 0 Å². The predicted octanol–water partition coefficient (Wildman–Crippen LogP) is 3.42. The number of hydrogen-bond acceptors (Lipinski definition) is 5. The quantitative estimate of drug-likeness (QED) is 0.283. The van der Waals surface area contributed by atoms with Gasteiger partial charge in [0.05, 0.1) is 10.2 Å². The van der Waals surface area contributed by atoms with Gasteiger partial charge in [-0.05, 0) is 65.3 Å². The monoisotopic (exact) mass is 520 g/mol. The fourth-order valence-corrected chi connectivity index (χ4v) is 3.36. The second kappa shape index (κ2) is 11.8. The van der Waals surface area contributed by atoms with Crippen LogP contribution < -0.4 is 14.8 Å². The van der Waals surface area contributed by atoms with Crippen molar-refractivity contribution in [1.29, 1.82) is 5.26 Å². The molecule has 0 aliphatic heterocycles. The average molecular weight is 520 g/mol. The van der Waals surface area contributed by atoms with Gasteiger partial charge in [0.2, 0.25) is 0 Å². The molecule has 0 bridgehead atoms. The summed E-state index contributed by atoms with van der Waals surface area (Å²) in [5, 5.41) is 21.0. The maximum absolute atomic E-state index is 12.4. The van der Waals surface area contributed by atoms with E-state index in [9.17, 15) is 14.9 Å². The van der Waals surface area contributed by atoms with Gasteiger partial charge in [-0.3, -0.25) is 4.79 Å². The van der Waals surface area contributed by atoms with Crippen LogP contribution in [0.2, 0.25) is 0 Å². The molecule has 0 spiro atoms. The number of ether oxygens (including phenoxy) is 2. The lowest BCUT2D eigenvalue weighted by molar-refractivity contribution is -0.139. The van der Waals surface area contributed by atoms with Gasteiger partial charge < -0.3 is 19.9 Å². The van der Waals surface area contributed by atoms with E-state index in [0.29, 0.717) is 40.2 Å². The van der Waals surface area contributed by atoms with Crippen LogP contribution in [0.3, 0.4) is 0 Å². The van der Waals surface area contributed by atoms with E-state index in [-0.39, 0.29) is 5.57 Å². The third-order valence-corrected chi connectivity index (χ3v) is 4.69. The van der Waals surface area contributed by atoms with E-state index in [4.69, 9.17) is 14.6 Å². The Morgan fingerprint density at radius 2 is 1.97 bits per heavy atom. The van der Waals surface area contributed by atoms with Crippen LogP contribution in [0.4, 0.5) is 0 Å². The SMILES string of the molecule is CCOc1cc(/C=C(\C#N)C(=O)NCCc2ccccc2)cc(I)c1OCC(=O)O. The van der Waals surface area contributed by atoms with E-state index in [1.54, 1.807) is 19.1 Å². The largest absolute Gasteiger partial charge is 0.490 e. The molecule has 0 aromatic heterocycles. The summed E-state index contributed by atoms with van der Waals surface area (Å²) in [5.74, 6) is -0.912. The Morgan fingerprint density at radius 3 is 2.60 bits per heavy atom. The first-order valence-corrected chi connectivity index (χ1v) is 10.3. The maximum Gasteiger partial charge on any atom is 0.341 e. The summed E-state index contributed by atoms with van der Waals surface area (Å²) >= 11 is 1.99. The molecule has 0 fully saturated rings. The number of benzene rings is 2. The van der Waals surface area contributed by atoms with E-state index >= 15 is 0 Å². The molecule has 2 N–H and O–H groups in total. The van der Waals surface area contributed by atoms with Gasteiger partial charge in [-0.2, -0.15) is 5.26 Å². The lowest BCUT2D eigenvalue weighted by Crippen LogP contribution is -2.26. The van der Waals surface area contributed by atoms with Crippen molar-refractivity contribution < 1.29 is 24.2 Å². The molecular formula is C22H21IN2O5. The molecule has 1 amide bonds. The second-order valence-corrected chi connectivity index (χ2v) is 7.27. The molecule has 0 aliphatic carbocycles. The number of carbonyl (C=O) groups is 2. The first-order chi connectivity index (χ1) is 14.4. The zero-order chi connectivity index (χ0) is 21.9. The Morgan fingerprint density at radius 1 is 1.23 bits per heavy atom. The molecule has 0 saturated heterocycles. The van der Waals surface area contributed by atoms with Crippen LogP contribution in [-0.2, 0) is 16.0 Å². The minimum atomic E-state index is -1.10. The van der Waals surface area contributed by atoms with Crippen LogP contribution in [0.5, 0.6) is 11.5 Å². The highest BCUT2D eigenvalue weighted by Gasteiger charge is 2.15. The minimum Gasteiger partial charge on any atom is -0.490 e. The van der Waals surface area contributed by atoms with Crippen molar-refractivity contribution in [3.63, 3.8) is 0 Å². The summed E-state index contributed by atoms with van der Waals surface area (Å²) in [6.45, 7) is 2.04. The number of carbonyl (C=O) groups excluding carboxylic acids is 1. The Hall–Kier alpha value is -3.06. The molecule has 0 radical (unpaired) electrons. The van der Waals surface area contributed by atoms with Gasteiger partial charge in [0.1, 0.15) is 11.6 Å². The summed E-state index contributed by atoms with van der Waals surface area (Å²) in [5.41, 5.74) is 1.62. The summed E-state index contributed by atoms with van der Waals surface area (Å²) in [6.07, 6.45) is 2.12. The van der Waals surface area contributed by atoms with Gasteiger partial charge in [-0.1, -0.05) is 30.3 Å². The van der Waals surface area contributed by atoms with E-state index in [2.05, 4.69) is 5.32 Å². The Kier molecular flexibility index (Phi) is 9.15. The van der Waals surface area contributed by atoms with Crippen molar-refractivity contribution in [1.82, 2.24) is 5.32 Å². The number of rotatable bonds is 10. The van der Waals surface area contributed by atoms with Gasteiger partial charge in [0, 0.05) is 6.54 Å². The van der Waals surface area contributed by atoms with Gasteiger partial charge in [0.15, 0.2) is 18.1 Å². The Labute approximate surface area is 188 Å². The fraction of sp³-hybridized carbons (Fsp3) is 0.227. The molecule has 156 valence electrons. The van der Waals surface area contributed by atoms with Crippen molar-refractivity contribution >= 4 is 40.5 Å². The van der Waals surface area contributed by atoms with E-state index in [1.807, 2.05) is 59.0 Å². The van der Waals surface area contributed by atoms with Gasteiger partial charge in [-0.25, -0.2) is 4.79 Å². The topological polar surface area (TPSA) is 109 Å². The molecular weight excluding hydrogens is 499 g/mol. The number of hydrogen-bond donors (Lipinski definition) is 2. The summed E-state index contributed by atoms with van der Waals surface area (Å²) < 4.78 is 11.5. The second-order valence-electron chi connectivity index (χ2n) is 6.11. The molecule has 8 heteroatoms. The Balaban J connectivity index is 2.15. The summed E-state index contributed by atoms with van der Waals surface area (Å²) in [4.78, 5) is 23.2. The summed E-state index contributed by atoms with van der Waals surface area (Å²) in [6, 6.07) is 14.9. The molecule has 0 heterocycles. The number of carboxylic acids is 1. The van der Waals surface area contributed by atoms with Crippen LogP contribution in [0.15, 0.2) is 48.0 Å². The molecule has 2 rings (SSSR count). The highest BCUT2D eigenvalue weighted by Crippen LogP contribution is 2.35. The number of nitrogens with one attached hydrogen (secondary N) is 1. The predicted molar refractivity (Wildman–Crippen MR) is 120 cm³/mol. The van der Waals surface area contributed by atoms with Crippen molar-refractivity contribution in [2.24, 2.45) is 0 Å². The standard InChI is InChI=1S/C22H21IN2O5/c1-2-29-19-12-16(11-18(23)21(19)30-14-20(26)27)10-17(13-24)22(28)25-9-8-15-6-4-3-5-7-15/h3-7,10-12H,2,8-9,14H2,1H3,(H,25,28)(H,26,27)/b17-10+. The van der Waals surface area contributed by atoms with Crippen molar-refractivity contribution in [2.75, 3.05) is 19.8 Å². The van der Waals surface area contributed by atoms with Gasteiger partial charge in [0.25, 0.3) is 5.91 Å². The molecule has 2 aromatic rings. The van der Waals surface area contributed by atoms with Crippen LogP contribution in [0, 0.1) is 14.9 Å². The smallest absolute Gasteiger partial charge is 0.341 e. The average Bonchev–Trinajstić information content (AvgIpc) is 2.72. The first kappa shape index (κ1) is 23.2. The van der Waals surface area contributed by atoms with Crippen LogP contribution in [-0.4, -0.2) is 36.7 Å². The third kappa shape index (κ3) is 7.08. The molecule has 0 saturated carbocycles. The molecule has 0 aliphatic rings. The molecule has 7 nitrogen and oxygen atoms in total. The van der Waals surface area contributed by atoms with Crippen LogP contribution in [0.25, 0.3) is 6.08 Å².